The van der Waals surface area contributed by atoms with Gasteiger partial charge in [0, 0.05) is 10.5 Å². The number of nitrogens with one attached hydrogen (secondary N) is 2. The van der Waals surface area contributed by atoms with E-state index >= 15 is 0 Å². The molecule has 0 aliphatic carbocycles. The highest BCUT2D eigenvalue weighted by atomic mass is 79.9. The van der Waals surface area contributed by atoms with Crippen LogP contribution >= 0.6 is 15.9 Å². The zero-order chi connectivity index (χ0) is 22.5. The minimum absolute atomic E-state index is 0.0115. The van der Waals surface area contributed by atoms with Crippen LogP contribution in [0.4, 0.5) is 5.69 Å². The Kier molecular flexibility index (Phi) is 7.99. The van der Waals surface area contributed by atoms with Crippen LogP contribution in [0.5, 0.6) is 5.75 Å². The zero-order valence-corrected chi connectivity index (χ0v) is 19.4. The van der Waals surface area contributed by atoms with Crippen LogP contribution in [0.2, 0.25) is 0 Å². The lowest BCUT2D eigenvalue weighted by Gasteiger charge is -2.13. The van der Waals surface area contributed by atoms with Crippen molar-refractivity contribution in [2.75, 3.05) is 19.0 Å². The van der Waals surface area contributed by atoms with E-state index in [0.29, 0.717) is 15.9 Å². The second-order valence-electron chi connectivity index (χ2n) is 6.75. The van der Waals surface area contributed by atoms with Gasteiger partial charge in [-0.15, -0.1) is 0 Å². The molecule has 0 fully saturated rings. The maximum absolute atomic E-state index is 12.4. The third kappa shape index (κ3) is 6.28. The standard InChI is InChI=1S/C20H23BrN2O6S/c1-12(2)23-30(26,27)14-6-7-16(21)15(10-14)20(25)29-11-19(24)22-17-9-13(3)5-8-18(17)28-4/h5-10,12,23H,11H2,1-4H3,(H,22,24). The molecule has 0 aromatic heterocycles. The first-order valence-corrected chi connectivity index (χ1v) is 11.2. The Bertz CT molecular complexity index is 1050. The SMILES string of the molecule is COc1ccc(C)cc1NC(=O)COC(=O)c1cc(S(=O)(=O)NC(C)C)ccc1Br. The molecule has 0 radical (unpaired) electrons. The Morgan fingerprint density at radius 2 is 1.83 bits per heavy atom. The number of hydrogen-bond acceptors (Lipinski definition) is 6. The number of sulfonamides is 1. The molecule has 0 atom stereocenters. The lowest BCUT2D eigenvalue weighted by molar-refractivity contribution is -0.119. The van der Waals surface area contributed by atoms with Gasteiger partial charge < -0.3 is 14.8 Å². The van der Waals surface area contributed by atoms with Crippen LogP contribution in [0, 0.1) is 6.92 Å². The minimum atomic E-state index is -3.79. The van der Waals surface area contributed by atoms with E-state index < -0.39 is 28.5 Å². The number of ether oxygens (including phenoxy) is 2. The summed E-state index contributed by atoms with van der Waals surface area (Å²) in [4.78, 5) is 24.5. The Morgan fingerprint density at radius 1 is 1.13 bits per heavy atom. The molecule has 0 heterocycles. The molecule has 2 rings (SSSR count). The van der Waals surface area contributed by atoms with Crippen molar-refractivity contribution < 1.29 is 27.5 Å². The van der Waals surface area contributed by atoms with Crippen LogP contribution in [0.1, 0.15) is 29.8 Å². The smallest absolute Gasteiger partial charge is 0.339 e. The van der Waals surface area contributed by atoms with Crippen LogP contribution in [0.25, 0.3) is 0 Å². The molecule has 0 bridgehead atoms. The molecule has 162 valence electrons. The molecule has 0 aliphatic rings. The molecular weight excluding hydrogens is 476 g/mol. The zero-order valence-electron chi connectivity index (χ0n) is 17.0. The van der Waals surface area contributed by atoms with Crippen molar-refractivity contribution in [2.24, 2.45) is 0 Å². The molecular formula is C20H23BrN2O6S. The van der Waals surface area contributed by atoms with Crippen LogP contribution in [-0.2, 0) is 19.6 Å². The first-order valence-electron chi connectivity index (χ1n) is 8.97. The van der Waals surface area contributed by atoms with E-state index in [2.05, 4.69) is 26.0 Å². The molecule has 2 aromatic rings. The van der Waals surface area contributed by atoms with E-state index in [4.69, 9.17) is 9.47 Å². The van der Waals surface area contributed by atoms with Gasteiger partial charge in [0.05, 0.1) is 23.3 Å². The van der Waals surface area contributed by atoms with Gasteiger partial charge in [0.15, 0.2) is 6.61 Å². The van der Waals surface area contributed by atoms with Gasteiger partial charge in [0.1, 0.15) is 5.75 Å². The van der Waals surface area contributed by atoms with Crippen LogP contribution in [0.15, 0.2) is 45.8 Å². The summed E-state index contributed by atoms with van der Waals surface area (Å²) in [5.74, 6) is -0.929. The number of anilines is 1. The van der Waals surface area contributed by atoms with E-state index in [1.807, 2.05) is 13.0 Å². The average Bonchev–Trinajstić information content (AvgIpc) is 2.65. The number of methoxy groups -OCH3 is 1. The van der Waals surface area contributed by atoms with Gasteiger partial charge in [-0.3, -0.25) is 4.79 Å². The van der Waals surface area contributed by atoms with Crippen molar-refractivity contribution in [3.05, 3.63) is 52.0 Å². The maximum Gasteiger partial charge on any atom is 0.339 e. The predicted molar refractivity (Wildman–Crippen MR) is 116 cm³/mol. The lowest BCUT2D eigenvalue weighted by atomic mass is 10.2. The Morgan fingerprint density at radius 3 is 2.47 bits per heavy atom. The number of esters is 1. The number of benzene rings is 2. The molecule has 30 heavy (non-hydrogen) atoms. The van der Waals surface area contributed by atoms with Gasteiger partial charge in [-0.05, 0) is 72.6 Å². The van der Waals surface area contributed by atoms with Gasteiger partial charge in [0.25, 0.3) is 5.91 Å². The fourth-order valence-electron chi connectivity index (χ4n) is 2.52. The topological polar surface area (TPSA) is 111 Å². The summed E-state index contributed by atoms with van der Waals surface area (Å²) in [5.41, 5.74) is 1.36. The van der Waals surface area contributed by atoms with E-state index in [1.165, 1.54) is 25.3 Å². The van der Waals surface area contributed by atoms with Gasteiger partial charge in [-0.25, -0.2) is 17.9 Å². The maximum atomic E-state index is 12.4. The van der Waals surface area contributed by atoms with E-state index in [0.717, 1.165) is 5.56 Å². The molecule has 0 saturated carbocycles. The summed E-state index contributed by atoms with van der Waals surface area (Å²) in [5, 5.41) is 2.62. The summed E-state index contributed by atoms with van der Waals surface area (Å²) in [6, 6.07) is 8.96. The van der Waals surface area contributed by atoms with Crippen molar-refractivity contribution in [3.8, 4) is 5.75 Å². The van der Waals surface area contributed by atoms with E-state index in [9.17, 15) is 18.0 Å². The molecule has 0 saturated heterocycles. The minimum Gasteiger partial charge on any atom is -0.495 e. The van der Waals surface area contributed by atoms with Crippen molar-refractivity contribution in [1.82, 2.24) is 4.72 Å². The number of carbonyl (C=O) groups excluding carboxylic acids is 2. The highest BCUT2D eigenvalue weighted by Gasteiger charge is 2.21. The van der Waals surface area contributed by atoms with Crippen molar-refractivity contribution in [1.29, 1.82) is 0 Å². The van der Waals surface area contributed by atoms with Crippen LogP contribution in [0.3, 0.4) is 0 Å². The number of carbonyl (C=O) groups is 2. The van der Waals surface area contributed by atoms with Crippen LogP contribution < -0.4 is 14.8 Å². The summed E-state index contributed by atoms with van der Waals surface area (Å²) in [6.07, 6.45) is 0. The fraction of sp³-hybridized carbons (Fsp3) is 0.300. The van der Waals surface area contributed by atoms with Gasteiger partial charge in [0.2, 0.25) is 10.0 Å². The number of halogens is 1. The molecule has 2 aromatic carbocycles. The lowest BCUT2D eigenvalue weighted by Crippen LogP contribution is -2.30. The largest absolute Gasteiger partial charge is 0.495 e. The predicted octanol–water partition coefficient (Wildman–Crippen LogP) is 3.25. The summed E-state index contributed by atoms with van der Waals surface area (Å²) < 4.78 is 37.7. The number of hydrogen-bond donors (Lipinski definition) is 2. The highest BCUT2D eigenvalue weighted by Crippen LogP contribution is 2.25. The molecule has 8 nitrogen and oxygen atoms in total. The first-order chi connectivity index (χ1) is 14.0. The number of amides is 1. The Labute approximate surface area is 184 Å². The number of rotatable bonds is 8. The molecule has 0 spiro atoms. The quantitative estimate of drug-likeness (QED) is 0.540. The monoisotopic (exact) mass is 498 g/mol. The molecule has 1 amide bonds. The second-order valence-corrected chi connectivity index (χ2v) is 9.31. The first kappa shape index (κ1) is 23.8. The Balaban J connectivity index is 2.10. The molecule has 0 unspecified atom stereocenters. The molecule has 2 N–H and O–H groups in total. The van der Waals surface area contributed by atoms with Crippen molar-refractivity contribution in [2.45, 2.75) is 31.7 Å². The third-order valence-corrected chi connectivity index (χ3v) is 6.17. The molecule has 10 heteroatoms. The summed E-state index contributed by atoms with van der Waals surface area (Å²) in [6.45, 7) is 4.69. The van der Waals surface area contributed by atoms with E-state index in [-0.39, 0.29) is 16.5 Å². The Hall–Kier alpha value is -2.43. The van der Waals surface area contributed by atoms with Gasteiger partial charge in [-0.2, -0.15) is 0 Å². The van der Waals surface area contributed by atoms with Gasteiger partial charge in [-0.1, -0.05) is 6.07 Å². The number of aryl methyl sites for hydroxylation is 1. The summed E-state index contributed by atoms with van der Waals surface area (Å²) >= 11 is 3.20. The highest BCUT2D eigenvalue weighted by molar-refractivity contribution is 9.10. The second kappa shape index (κ2) is 10.1. The third-order valence-electron chi connectivity index (χ3n) is 3.82. The van der Waals surface area contributed by atoms with Crippen LogP contribution in [-0.4, -0.2) is 40.1 Å². The molecule has 0 aliphatic heterocycles. The average molecular weight is 499 g/mol. The normalized spacial score (nSPS) is 11.3. The van der Waals surface area contributed by atoms with Crippen molar-refractivity contribution >= 4 is 43.5 Å². The van der Waals surface area contributed by atoms with Gasteiger partial charge >= 0.3 is 5.97 Å². The van der Waals surface area contributed by atoms with E-state index in [1.54, 1.807) is 26.0 Å². The summed E-state index contributed by atoms with van der Waals surface area (Å²) in [7, 11) is -2.31. The fourth-order valence-corrected chi connectivity index (χ4v) is 4.21. The van der Waals surface area contributed by atoms with Crippen molar-refractivity contribution in [3.63, 3.8) is 0 Å².